The van der Waals surface area contributed by atoms with Crippen LogP contribution < -0.4 is 10.5 Å². The van der Waals surface area contributed by atoms with Gasteiger partial charge >= 0.3 is 0 Å². The lowest BCUT2D eigenvalue weighted by molar-refractivity contribution is 0.228. The largest absolute Gasteiger partial charge is 0.486 e. The predicted molar refractivity (Wildman–Crippen MR) is 79.2 cm³/mol. The van der Waals surface area contributed by atoms with Crippen LogP contribution in [0.15, 0.2) is 48.6 Å². The summed E-state index contributed by atoms with van der Waals surface area (Å²) in [5, 5.41) is 2.41. The van der Waals surface area contributed by atoms with Gasteiger partial charge in [-0.1, -0.05) is 36.4 Å². The van der Waals surface area contributed by atoms with E-state index in [1.165, 1.54) is 23.6 Å². The fourth-order valence-corrected chi connectivity index (χ4v) is 2.68. The van der Waals surface area contributed by atoms with Gasteiger partial charge in [-0.3, -0.25) is 0 Å². The Bertz CT molecular complexity index is 603. The molecule has 98 valence electrons. The maximum Gasteiger partial charge on any atom is 0.125 e. The second-order valence-electron chi connectivity index (χ2n) is 4.98. The van der Waals surface area contributed by atoms with Crippen molar-refractivity contribution in [2.45, 2.75) is 31.9 Å². The Morgan fingerprint density at radius 3 is 2.84 bits per heavy atom. The summed E-state index contributed by atoms with van der Waals surface area (Å²) in [6, 6.07) is 12.5. The van der Waals surface area contributed by atoms with Gasteiger partial charge in [-0.15, -0.1) is 0 Å². The molecule has 1 unspecified atom stereocenters. The van der Waals surface area contributed by atoms with Crippen molar-refractivity contribution in [2.75, 3.05) is 0 Å². The molecule has 0 amide bonds. The zero-order valence-electron chi connectivity index (χ0n) is 11.0. The zero-order valence-corrected chi connectivity index (χ0v) is 11.0. The average molecular weight is 253 g/mol. The Labute approximate surface area is 113 Å². The molecule has 0 fully saturated rings. The molecule has 2 aromatic carbocycles. The molecule has 1 aliphatic rings. The van der Waals surface area contributed by atoms with Crippen molar-refractivity contribution in [2.24, 2.45) is 5.73 Å². The van der Waals surface area contributed by atoms with Crippen molar-refractivity contribution < 1.29 is 4.74 Å². The maximum atomic E-state index is 6.12. The smallest absolute Gasteiger partial charge is 0.125 e. The van der Waals surface area contributed by atoms with Crippen LogP contribution >= 0.6 is 0 Å². The van der Waals surface area contributed by atoms with Crippen molar-refractivity contribution in [1.29, 1.82) is 0 Å². The van der Waals surface area contributed by atoms with Gasteiger partial charge in [-0.05, 0) is 42.2 Å². The van der Waals surface area contributed by atoms with Gasteiger partial charge in [0.2, 0.25) is 0 Å². The standard InChI is InChI=1S/C17H19NO/c18-12-16-15-9-5-4-6-13(15)10-11-17(16)19-14-7-2-1-3-8-14/h2,4-7,9-11,14H,1,3,8,12,18H2. The molecule has 19 heavy (non-hydrogen) atoms. The van der Waals surface area contributed by atoms with Gasteiger partial charge in [0, 0.05) is 12.1 Å². The van der Waals surface area contributed by atoms with Crippen LogP contribution in [0.4, 0.5) is 0 Å². The van der Waals surface area contributed by atoms with E-state index < -0.39 is 0 Å². The molecule has 2 nitrogen and oxygen atoms in total. The van der Waals surface area contributed by atoms with Crippen molar-refractivity contribution in [3.8, 4) is 5.75 Å². The quantitative estimate of drug-likeness (QED) is 0.845. The number of ether oxygens (including phenoxy) is 1. The van der Waals surface area contributed by atoms with E-state index in [1.54, 1.807) is 0 Å². The number of allylic oxidation sites excluding steroid dienone is 1. The number of hydrogen-bond donors (Lipinski definition) is 1. The normalized spacial score (nSPS) is 18.7. The lowest BCUT2D eigenvalue weighted by Gasteiger charge is -2.21. The molecule has 0 radical (unpaired) electrons. The molecule has 1 aliphatic carbocycles. The Morgan fingerprint density at radius 1 is 1.16 bits per heavy atom. The van der Waals surface area contributed by atoms with Gasteiger partial charge in [0.05, 0.1) is 0 Å². The summed E-state index contributed by atoms with van der Waals surface area (Å²) < 4.78 is 6.12. The fourth-order valence-electron chi connectivity index (χ4n) is 2.68. The van der Waals surface area contributed by atoms with Gasteiger partial charge in [0.1, 0.15) is 11.9 Å². The van der Waals surface area contributed by atoms with E-state index in [0.29, 0.717) is 6.54 Å². The molecule has 0 saturated carbocycles. The molecule has 0 heterocycles. The number of rotatable bonds is 3. The van der Waals surface area contributed by atoms with Gasteiger partial charge in [0.25, 0.3) is 0 Å². The van der Waals surface area contributed by atoms with Crippen molar-refractivity contribution >= 4 is 10.8 Å². The van der Waals surface area contributed by atoms with E-state index in [-0.39, 0.29) is 6.10 Å². The maximum absolute atomic E-state index is 6.12. The summed E-state index contributed by atoms with van der Waals surface area (Å²) in [5.74, 6) is 0.928. The van der Waals surface area contributed by atoms with Gasteiger partial charge < -0.3 is 10.5 Å². The molecule has 2 N–H and O–H groups in total. The Balaban J connectivity index is 1.98. The zero-order chi connectivity index (χ0) is 13.1. The van der Waals surface area contributed by atoms with Crippen molar-refractivity contribution in [3.63, 3.8) is 0 Å². The van der Waals surface area contributed by atoms with Gasteiger partial charge in [-0.2, -0.15) is 0 Å². The molecule has 2 aromatic rings. The monoisotopic (exact) mass is 253 g/mol. The SMILES string of the molecule is NCc1c(OC2C=CCCC2)ccc2ccccc12. The first-order valence-corrected chi connectivity index (χ1v) is 6.92. The number of benzene rings is 2. The highest BCUT2D eigenvalue weighted by Gasteiger charge is 2.13. The average Bonchev–Trinajstić information content (AvgIpc) is 2.48. The summed E-state index contributed by atoms with van der Waals surface area (Å²) in [6.07, 6.45) is 8.03. The third kappa shape index (κ3) is 2.49. The summed E-state index contributed by atoms with van der Waals surface area (Å²) >= 11 is 0. The minimum Gasteiger partial charge on any atom is -0.486 e. The predicted octanol–water partition coefficient (Wildman–Crippen LogP) is 3.79. The molecular formula is C17H19NO. The van der Waals surface area contributed by atoms with E-state index in [2.05, 4.69) is 30.4 Å². The highest BCUT2D eigenvalue weighted by molar-refractivity contribution is 5.87. The van der Waals surface area contributed by atoms with Crippen LogP contribution in [0.1, 0.15) is 24.8 Å². The summed E-state index contributed by atoms with van der Waals surface area (Å²) in [7, 11) is 0. The minimum absolute atomic E-state index is 0.195. The molecule has 0 bridgehead atoms. The first-order valence-electron chi connectivity index (χ1n) is 6.92. The number of hydrogen-bond acceptors (Lipinski definition) is 2. The van der Waals surface area contributed by atoms with Gasteiger partial charge in [-0.25, -0.2) is 0 Å². The molecule has 0 saturated heterocycles. The van der Waals surface area contributed by atoms with Crippen LogP contribution in [0.2, 0.25) is 0 Å². The van der Waals surface area contributed by atoms with Gasteiger partial charge in [0.15, 0.2) is 0 Å². The van der Waals surface area contributed by atoms with Crippen LogP contribution in [-0.4, -0.2) is 6.10 Å². The van der Waals surface area contributed by atoms with E-state index in [4.69, 9.17) is 10.5 Å². The molecule has 3 rings (SSSR count). The molecule has 0 spiro atoms. The number of nitrogens with two attached hydrogens (primary N) is 1. The van der Waals surface area contributed by atoms with E-state index in [1.807, 2.05) is 18.2 Å². The van der Waals surface area contributed by atoms with Crippen LogP contribution in [0, 0.1) is 0 Å². The summed E-state index contributed by atoms with van der Waals surface area (Å²) in [4.78, 5) is 0. The molecular weight excluding hydrogens is 234 g/mol. The topological polar surface area (TPSA) is 35.2 Å². The summed E-state index contributed by atoms with van der Waals surface area (Å²) in [6.45, 7) is 0.507. The third-order valence-corrected chi connectivity index (χ3v) is 3.69. The van der Waals surface area contributed by atoms with Crippen molar-refractivity contribution in [3.05, 3.63) is 54.1 Å². The highest BCUT2D eigenvalue weighted by Crippen LogP contribution is 2.29. The number of fused-ring (bicyclic) bond motifs is 1. The Hall–Kier alpha value is -1.80. The van der Waals surface area contributed by atoms with E-state index >= 15 is 0 Å². The summed E-state index contributed by atoms with van der Waals surface area (Å²) in [5.41, 5.74) is 7.03. The molecule has 0 aliphatic heterocycles. The third-order valence-electron chi connectivity index (χ3n) is 3.69. The molecule has 2 heteroatoms. The fraction of sp³-hybridized carbons (Fsp3) is 0.294. The first-order chi connectivity index (χ1) is 9.38. The Morgan fingerprint density at radius 2 is 2.05 bits per heavy atom. The first kappa shape index (κ1) is 12.2. The lowest BCUT2D eigenvalue weighted by Crippen LogP contribution is -2.17. The highest BCUT2D eigenvalue weighted by atomic mass is 16.5. The lowest BCUT2D eigenvalue weighted by atomic mass is 10.0. The molecule has 0 aromatic heterocycles. The molecule has 1 atom stereocenters. The minimum atomic E-state index is 0.195. The van der Waals surface area contributed by atoms with Crippen LogP contribution in [0.5, 0.6) is 5.75 Å². The second-order valence-corrected chi connectivity index (χ2v) is 4.98. The van der Waals surface area contributed by atoms with E-state index in [9.17, 15) is 0 Å². The van der Waals surface area contributed by atoms with E-state index in [0.717, 1.165) is 17.7 Å². The Kier molecular flexibility index (Phi) is 3.51. The van der Waals surface area contributed by atoms with Crippen LogP contribution in [0.25, 0.3) is 10.8 Å². The van der Waals surface area contributed by atoms with Crippen LogP contribution in [-0.2, 0) is 6.54 Å². The second kappa shape index (κ2) is 5.45. The van der Waals surface area contributed by atoms with Crippen molar-refractivity contribution in [1.82, 2.24) is 0 Å². The van der Waals surface area contributed by atoms with Crippen LogP contribution in [0.3, 0.4) is 0 Å².